The molecule has 0 fully saturated rings. The number of halogens is 1. The van der Waals surface area contributed by atoms with Crippen molar-refractivity contribution in [2.24, 2.45) is 0 Å². The number of carbonyl (C=O) groups excluding carboxylic acids is 3. The first kappa shape index (κ1) is 24.1. The van der Waals surface area contributed by atoms with Gasteiger partial charge in [0.05, 0.1) is 11.3 Å². The number of para-hydroxylation sites is 1. The van der Waals surface area contributed by atoms with Crippen LogP contribution in [0.1, 0.15) is 15.9 Å². The molecule has 4 amide bonds. The molecule has 9 heteroatoms. The molecular weight excluding hydrogens is 512 g/mol. The lowest BCUT2D eigenvalue weighted by molar-refractivity contribution is -0.119. The van der Waals surface area contributed by atoms with Gasteiger partial charge in [0.2, 0.25) is 0 Å². The van der Waals surface area contributed by atoms with Crippen LogP contribution < -0.4 is 15.7 Å². The number of pyridine rings is 1. The van der Waals surface area contributed by atoms with E-state index < -0.39 is 23.9 Å². The van der Waals surface area contributed by atoms with E-state index in [0.29, 0.717) is 4.47 Å². The van der Waals surface area contributed by atoms with Crippen LogP contribution in [0.2, 0.25) is 0 Å². The number of amides is 4. The normalized spacial score (nSPS) is 11.5. The maximum absolute atomic E-state index is 13.7. The second-order valence-corrected chi connectivity index (χ2v) is 8.65. The van der Waals surface area contributed by atoms with Gasteiger partial charge in [0.15, 0.2) is 0 Å². The Balaban J connectivity index is 1.70. The average molecular weight is 533 g/mol. The molecule has 0 aliphatic carbocycles. The number of aromatic nitrogens is 1. The molecule has 0 saturated heterocycles. The van der Waals surface area contributed by atoms with Crippen LogP contribution >= 0.6 is 15.9 Å². The van der Waals surface area contributed by atoms with Gasteiger partial charge in [-0.05, 0) is 50.5 Å². The molecule has 4 aromatic rings. The number of nitrogens with zero attached hydrogens (tertiary/aromatic N) is 2. The number of carbonyl (C=O) groups is 3. The van der Waals surface area contributed by atoms with Gasteiger partial charge in [-0.15, -0.1) is 0 Å². The third-order valence-electron chi connectivity index (χ3n) is 5.36. The van der Waals surface area contributed by atoms with Crippen molar-refractivity contribution in [3.8, 4) is 0 Å². The fourth-order valence-electron chi connectivity index (χ4n) is 3.71. The average Bonchev–Trinajstić information content (AvgIpc) is 2.88. The molecule has 3 aromatic carbocycles. The Morgan fingerprint density at radius 2 is 1.63 bits per heavy atom. The number of imide groups is 1. The molecule has 3 N–H and O–H groups in total. The van der Waals surface area contributed by atoms with Crippen molar-refractivity contribution >= 4 is 50.2 Å². The molecule has 1 unspecified atom stereocenters. The minimum atomic E-state index is -1.12. The maximum Gasteiger partial charge on any atom is 0.352 e. The molecule has 0 bridgehead atoms. The number of hydroxylamine groups is 1. The number of benzene rings is 3. The topological polar surface area (TPSA) is 112 Å². The number of nitrogens with one attached hydrogen (secondary N) is 2. The summed E-state index contributed by atoms with van der Waals surface area (Å²) in [7, 11) is 0. The summed E-state index contributed by atoms with van der Waals surface area (Å²) in [5, 5.41) is 14.0. The molecule has 1 atom stereocenters. The fourth-order valence-corrected chi connectivity index (χ4v) is 4.07. The summed E-state index contributed by atoms with van der Waals surface area (Å²) in [4.78, 5) is 44.0. The van der Waals surface area contributed by atoms with Crippen LogP contribution in [-0.4, -0.2) is 34.1 Å². The van der Waals surface area contributed by atoms with Gasteiger partial charge in [-0.2, -0.15) is 0 Å². The Bertz CT molecular complexity index is 1380. The lowest BCUT2D eigenvalue weighted by atomic mass is 10.0. The van der Waals surface area contributed by atoms with Crippen molar-refractivity contribution in [2.45, 2.75) is 12.5 Å². The van der Waals surface area contributed by atoms with E-state index in [1.165, 1.54) is 17.9 Å². The molecule has 4 rings (SSSR count). The predicted molar refractivity (Wildman–Crippen MR) is 135 cm³/mol. The summed E-state index contributed by atoms with van der Waals surface area (Å²) in [6.45, 7) is 0. The molecular formula is C26H21BrN4O4. The molecule has 1 aromatic heterocycles. The third-order valence-corrected chi connectivity index (χ3v) is 5.79. The second kappa shape index (κ2) is 10.9. The number of fused-ring (bicyclic) bond motifs is 1. The van der Waals surface area contributed by atoms with Gasteiger partial charge in [0.25, 0.3) is 11.8 Å². The van der Waals surface area contributed by atoms with Crippen molar-refractivity contribution in [3.63, 3.8) is 0 Å². The van der Waals surface area contributed by atoms with Crippen LogP contribution in [0.25, 0.3) is 10.8 Å². The number of hydrogen-bond acceptors (Lipinski definition) is 5. The van der Waals surface area contributed by atoms with Crippen LogP contribution in [0.15, 0.2) is 95.7 Å². The molecule has 0 aliphatic heterocycles. The summed E-state index contributed by atoms with van der Waals surface area (Å²) >= 11 is 3.29. The number of rotatable bonds is 6. The highest BCUT2D eigenvalue weighted by molar-refractivity contribution is 9.10. The van der Waals surface area contributed by atoms with Gasteiger partial charge in [0, 0.05) is 23.3 Å². The van der Waals surface area contributed by atoms with E-state index in [2.05, 4.69) is 26.2 Å². The van der Waals surface area contributed by atoms with Crippen LogP contribution in [0.5, 0.6) is 0 Å². The summed E-state index contributed by atoms with van der Waals surface area (Å²) < 4.78 is 0.605. The summed E-state index contributed by atoms with van der Waals surface area (Å²) in [6.07, 6.45) is 3.03. The molecule has 0 spiro atoms. The predicted octanol–water partition coefficient (Wildman–Crippen LogP) is 4.47. The molecule has 0 radical (unpaired) electrons. The summed E-state index contributed by atoms with van der Waals surface area (Å²) in [5.41, 5.74) is 2.79. The first-order chi connectivity index (χ1) is 17.0. The smallest absolute Gasteiger partial charge is 0.340 e. The van der Waals surface area contributed by atoms with E-state index in [1.54, 1.807) is 36.4 Å². The minimum Gasteiger partial charge on any atom is -0.340 e. The lowest BCUT2D eigenvalue weighted by Crippen LogP contribution is -2.54. The van der Waals surface area contributed by atoms with E-state index in [-0.39, 0.29) is 17.7 Å². The Morgan fingerprint density at radius 1 is 0.914 bits per heavy atom. The van der Waals surface area contributed by atoms with Crippen molar-refractivity contribution < 1.29 is 19.6 Å². The summed E-state index contributed by atoms with van der Waals surface area (Å²) in [5.74, 6) is -1.25. The van der Waals surface area contributed by atoms with Crippen molar-refractivity contribution in [1.82, 2.24) is 15.8 Å². The van der Waals surface area contributed by atoms with E-state index >= 15 is 0 Å². The standard InChI is InChI=1S/C26H21BrN4O4/c27-21-14-20(15-28-16-21)24(32)29-23(13-17-10-11-18-6-4-5-7-19(18)12-17)25(33)31(26(34)30-35)22-8-2-1-3-9-22/h1-12,14-16,23,35H,13H2,(H,29,32)(H,30,34). The first-order valence-electron chi connectivity index (χ1n) is 10.7. The zero-order valence-corrected chi connectivity index (χ0v) is 20.0. The van der Waals surface area contributed by atoms with Gasteiger partial charge in [-0.3, -0.25) is 19.8 Å². The van der Waals surface area contributed by atoms with Crippen LogP contribution in [0.3, 0.4) is 0 Å². The van der Waals surface area contributed by atoms with E-state index in [9.17, 15) is 19.6 Å². The van der Waals surface area contributed by atoms with Crippen molar-refractivity contribution in [3.05, 3.63) is 107 Å². The second-order valence-electron chi connectivity index (χ2n) is 7.73. The minimum absolute atomic E-state index is 0.110. The zero-order valence-electron chi connectivity index (χ0n) is 18.4. The van der Waals surface area contributed by atoms with E-state index in [0.717, 1.165) is 21.2 Å². The molecule has 0 saturated carbocycles. The lowest BCUT2D eigenvalue weighted by Gasteiger charge is -2.26. The fraction of sp³-hybridized carbons (Fsp3) is 0.0769. The monoisotopic (exact) mass is 532 g/mol. The Labute approximate surface area is 209 Å². The highest BCUT2D eigenvalue weighted by atomic mass is 79.9. The van der Waals surface area contributed by atoms with Gasteiger partial charge >= 0.3 is 6.03 Å². The number of hydrogen-bond donors (Lipinski definition) is 3. The molecule has 0 aliphatic rings. The number of urea groups is 1. The van der Waals surface area contributed by atoms with Gasteiger partial charge < -0.3 is 5.32 Å². The Hall–Kier alpha value is -4.08. The van der Waals surface area contributed by atoms with Crippen molar-refractivity contribution in [2.75, 3.05) is 4.90 Å². The molecule has 176 valence electrons. The van der Waals surface area contributed by atoms with Crippen LogP contribution in [-0.2, 0) is 11.2 Å². The van der Waals surface area contributed by atoms with Gasteiger partial charge in [0.1, 0.15) is 6.04 Å². The largest absolute Gasteiger partial charge is 0.352 e. The quantitative estimate of drug-likeness (QED) is 0.250. The SMILES string of the molecule is O=C(NC(Cc1ccc2ccccc2c1)C(=O)N(C(=O)NO)c1ccccc1)c1cncc(Br)c1. The van der Waals surface area contributed by atoms with E-state index in [1.807, 2.05) is 42.5 Å². The maximum atomic E-state index is 13.7. The van der Waals surface area contributed by atoms with Crippen LogP contribution in [0, 0.1) is 0 Å². The van der Waals surface area contributed by atoms with Gasteiger partial charge in [-0.1, -0.05) is 60.7 Å². The van der Waals surface area contributed by atoms with Gasteiger partial charge in [-0.25, -0.2) is 15.2 Å². The van der Waals surface area contributed by atoms with E-state index in [4.69, 9.17) is 0 Å². The molecule has 8 nitrogen and oxygen atoms in total. The number of anilines is 1. The van der Waals surface area contributed by atoms with Crippen molar-refractivity contribution in [1.29, 1.82) is 0 Å². The first-order valence-corrected chi connectivity index (χ1v) is 11.5. The van der Waals surface area contributed by atoms with Crippen LogP contribution in [0.4, 0.5) is 10.5 Å². The highest BCUT2D eigenvalue weighted by Gasteiger charge is 2.32. The Kier molecular flexibility index (Phi) is 7.49. The third kappa shape index (κ3) is 5.71. The zero-order chi connectivity index (χ0) is 24.8. The Morgan fingerprint density at radius 3 is 2.34 bits per heavy atom. The summed E-state index contributed by atoms with van der Waals surface area (Å²) in [6, 6.07) is 21.1. The highest BCUT2D eigenvalue weighted by Crippen LogP contribution is 2.20. The molecule has 35 heavy (non-hydrogen) atoms. The molecule has 1 heterocycles.